The van der Waals surface area contributed by atoms with Gasteiger partial charge in [-0.3, -0.25) is 9.69 Å². The summed E-state index contributed by atoms with van der Waals surface area (Å²) in [5, 5.41) is 9.01. The molecule has 1 heterocycles. The molecule has 0 saturated carbocycles. The van der Waals surface area contributed by atoms with Crippen LogP contribution < -0.4 is 0 Å². The number of carboxylic acid groups (broad SMARTS) is 1. The predicted molar refractivity (Wildman–Crippen MR) is 80.8 cm³/mol. The summed E-state index contributed by atoms with van der Waals surface area (Å²) in [6.07, 6.45) is 4.67. The van der Waals surface area contributed by atoms with Crippen molar-refractivity contribution >= 4 is 5.97 Å². The van der Waals surface area contributed by atoms with Crippen LogP contribution in [0.25, 0.3) is 0 Å². The Labute approximate surface area is 121 Å². The summed E-state index contributed by atoms with van der Waals surface area (Å²) in [5.41, 5.74) is 2.68. The molecule has 3 heteroatoms. The van der Waals surface area contributed by atoms with Crippen molar-refractivity contribution in [1.82, 2.24) is 4.90 Å². The molecule has 2 rings (SSSR count). The summed E-state index contributed by atoms with van der Waals surface area (Å²) < 4.78 is 0. The molecule has 0 aromatic heterocycles. The molecule has 1 aliphatic rings. The Morgan fingerprint density at radius 3 is 2.70 bits per heavy atom. The molecule has 0 bridgehead atoms. The van der Waals surface area contributed by atoms with Gasteiger partial charge >= 0.3 is 5.97 Å². The molecule has 1 N–H and O–H groups in total. The number of hydrogen-bond acceptors (Lipinski definition) is 2. The van der Waals surface area contributed by atoms with E-state index in [4.69, 9.17) is 5.11 Å². The molecule has 1 aliphatic heterocycles. The van der Waals surface area contributed by atoms with Gasteiger partial charge in [0.15, 0.2) is 0 Å². The number of hydrogen-bond donors (Lipinski definition) is 1. The SMILES string of the molecule is CCCc1ccc(C(C)N2CCCC2CC(=O)O)cc1. The quantitative estimate of drug-likeness (QED) is 0.861. The highest BCUT2D eigenvalue weighted by atomic mass is 16.4. The van der Waals surface area contributed by atoms with Gasteiger partial charge in [0.1, 0.15) is 0 Å². The van der Waals surface area contributed by atoms with Crippen LogP contribution in [-0.2, 0) is 11.2 Å². The van der Waals surface area contributed by atoms with E-state index in [-0.39, 0.29) is 12.5 Å². The Bertz CT molecular complexity index is 441. The highest BCUT2D eigenvalue weighted by molar-refractivity contribution is 5.67. The van der Waals surface area contributed by atoms with E-state index in [0.29, 0.717) is 6.04 Å². The molecule has 3 nitrogen and oxygen atoms in total. The maximum atomic E-state index is 10.9. The maximum Gasteiger partial charge on any atom is 0.304 e. The molecular weight excluding hydrogens is 250 g/mol. The Hall–Kier alpha value is -1.35. The van der Waals surface area contributed by atoms with Crippen LogP contribution in [0.15, 0.2) is 24.3 Å². The molecule has 110 valence electrons. The molecule has 2 unspecified atom stereocenters. The van der Waals surface area contributed by atoms with Crippen LogP contribution in [0.4, 0.5) is 0 Å². The van der Waals surface area contributed by atoms with Crippen LogP contribution in [0.3, 0.4) is 0 Å². The van der Waals surface area contributed by atoms with E-state index in [1.807, 2.05) is 0 Å². The fourth-order valence-electron chi connectivity index (χ4n) is 3.23. The largest absolute Gasteiger partial charge is 0.481 e. The molecule has 0 amide bonds. The van der Waals surface area contributed by atoms with Gasteiger partial charge in [0.2, 0.25) is 0 Å². The smallest absolute Gasteiger partial charge is 0.304 e. The molecule has 0 spiro atoms. The van der Waals surface area contributed by atoms with Crippen molar-refractivity contribution in [1.29, 1.82) is 0 Å². The zero-order valence-electron chi connectivity index (χ0n) is 12.5. The van der Waals surface area contributed by atoms with Gasteiger partial charge in [-0.15, -0.1) is 0 Å². The lowest BCUT2D eigenvalue weighted by Gasteiger charge is -2.30. The first-order chi connectivity index (χ1) is 9.61. The van der Waals surface area contributed by atoms with E-state index in [2.05, 4.69) is 43.0 Å². The molecule has 0 aliphatic carbocycles. The second-order valence-corrected chi connectivity index (χ2v) is 5.80. The van der Waals surface area contributed by atoms with Crippen LogP contribution in [-0.4, -0.2) is 28.6 Å². The summed E-state index contributed by atoms with van der Waals surface area (Å²) in [6, 6.07) is 9.31. The van der Waals surface area contributed by atoms with Crippen LogP contribution in [0.2, 0.25) is 0 Å². The third-order valence-electron chi connectivity index (χ3n) is 4.33. The average molecular weight is 275 g/mol. The van der Waals surface area contributed by atoms with Crippen molar-refractivity contribution in [2.45, 2.75) is 58.0 Å². The second kappa shape index (κ2) is 6.89. The zero-order chi connectivity index (χ0) is 14.5. The standard InChI is InChI=1S/C17H25NO2/c1-3-5-14-7-9-15(10-8-14)13(2)18-11-4-6-16(18)12-17(19)20/h7-10,13,16H,3-6,11-12H2,1-2H3,(H,19,20). The monoisotopic (exact) mass is 275 g/mol. The van der Waals surface area contributed by atoms with Gasteiger partial charge in [-0.25, -0.2) is 0 Å². The fourth-order valence-corrected chi connectivity index (χ4v) is 3.23. The lowest BCUT2D eigenvalue weighted by molar-refractivity contribution is -0.138. The molecule has 1 fully saturated rings. The number of likely N-dealkylation sites (tertiary alicyclic amines) is 1. The third kappa shape index (κ3) is 3.60. The van der Waals surface area contributed by atoms with E-state index in [0.717, 1.165) is 25.8 Å². The molecule has 1 aromatic rings. The minimum Gasteiger partial charge on any atom is -0.481 e. The van der Waals surface area contributed by atoms with E-state index in [1.54, 1.807) is 0 Å². The Kier molecular flexibility index (Phi) is 5.18. The Morgan fingerprint density at radius 2 is 2.10 bits per heavy atom. The van der Waals surface area contributed by atoms with Crippen molar-refractivity contribution in [3.63, 3.8) is 0 Å². The molecular formula is C17H25NO2. The summed E-state index contributed by atoms with van der Waals surface area (Å²) in [4.78, 5) is 13.3. The predicted octanol–water partition coefficient (Wildman–Crippen LogP) is 3.64. The number of carboxylic acids is 1. The van der Waals surface area contributed by atoms with Crippen LogP contribution in [0.1, 0.15) is 56.7 Å². The first-order valence-corrected chi connectivity index (χ1v) is 7.68. The highest BCUT2D eigenvalue weighted by Crippen LogP contribution is 2.30. The van der Waals surface area contributed by atoms with E-state index in [1.165, 1.54) is 17.5 Å². The Balaban J connectivity index is 2.05. The van der Waals surface area contributed by atoms with Gasteiger partial charge in [0.25, 0.3) is 0 Å². The summed E-state index contributed by atoms with van der Waals surface area (Å²) in [5.74, 6) is -0.688. The van der Waals surface area contributed by atoms with Crippen molar-refractivity contribution < 1.29 is 9.90 Å². The second-order valence-electron chi connectivity index (χ2n) is 5.80. The number of benzene rings is 1. The molecule has 1 saturated heterocycles. The Morgan fingerprint density at radius 1 is 1.40 bits per heavy atom. The van der Waals surface area contributed by atoms with Crippen LogP contribution >= 0.6 is 0 Å². The van der Waals surface area contributed by atoms with Crippen molar-refractivity contribution in [3.05, 3.63) is 35.4 Å². The lowest BCUT2D eigenvalue weighted by Crippen LogP contribution is -2.33. The minimum atomic E-state index is -0.688. The van der Waals surface area contributed by atoms with Gasteiger partial charge in [-0.05, 0) is 43.9 Å². The number of aliphatic carboxylic acids is 1. The van der Waals surface area contributed by atoms with Gasteiger partial charge in [0, 0.05) is 12.1 Å². The van der Waals surface area contributed by atoms with Crippen molar-refractivity contribution in [2.24, 2.45) is 0 Å². The van der Waals surface area contributed by atoms with Gasteiger partial charge in [-0.2, -0.15) is 0 Å². The van der Waals surface area contributed by atoms with Gasteiger partial charge in [-0.1, -0.05) is 37.6 Å². The van der Waals surface area contributed by atoms with Gasteiger partial charge < -0.3 is 5.11 Å². The highest BCUT2D eigenvalue weighted by Gasteiger charge is 2.30. The van der Waals surface area contributed by atoms with Crippen LogP contribution in [0, 0.1) is 0 Å². The van der Waals surface area contributed by atoms with Crippen molar-refractivity contribution in [3.8, 4) is 0 Å². The summed E-state index contributed by atoms with van der Waals surface area (Å²) >= 11 is 0. The first kappa shape index (κ1) is 15.0. The number of rotatable bonds is 6. The van der Waals surface area contributed by atoms with Gasteiger partial charge in [0.05, 0.1) is 6.42 Å². The molecule has 1 aromatic carbocycles. The normalized spacial score (nSPS) is 21.0. The number of carbonyl (C=O) groups is 1. The number of nitrogens with zero attached hydrogens (tertiary/aromatic N) is 1. The fraction of sp³-hybridized carbons (Fsp3) is 0.588. The summed E-state index contributed by atoms with van der Waals surface area (Å²) in [7, 11) is 0. The third-order valence-corrected chi connectivity index (χ3v) is 4.33. The maximum absolute atomic E-state index is 10.9. The zero-order valence-corrected chi connectivity index (χ0v) is 12.5. The molecule has 20 heavy (non-hydrogen) atoms. The number of aryl methyl sites for hydroxylation is 1. The van der Waals surface area contributed by atoms with E-state index < -0.39 is 5.97 Å². The average Bonchev–Trinajstić information content (AvgIpc) is 2.86. The lowest BCUT2D eigenvalue weighted by atomic mass is 10.0. The van der Waals surface area contributed by atoms with Crippen molar-refractivity contribution in [2.75, 3.05) is 6.54 Å². The molecule has 2 atom stereocenters. The first-order valence-electron chi connectivity index (χ1n) is 7.68. The van der Waals surface area contributed by atoms with Crippen LogP contribution in [0.5, 0.6) is 0 Å². The summed E-state index contributed by atoms with van der Waals surface area (Å²) in [6.45, 7) is 5.39. The van der Waals surface area contributed by atoms with E-state index >= 15 is 0 Å². The molecule has 0 radical (unpaired) electrons. The topological polar surface area (TPSA) is 40.5 Å². The van der Waals surface area contributed by atoms with E-state index in [9.17, 15) is 4.79 Å². The minimum absolute atomic E-state index is 0.192.